The number of carbonyl (C=O) groups is 4. The van der Waals surface area contributed by atoms with Gasteiger partial charge in [-0.1, -0.05) is 78.9 Å². The van der Waals surface area contributed by atoms with Gasteiger partial charge in [-0.25, -0.2) is 14.5 Å². The maximum absolute atomic E-state index is 13.4. The Labute approximate surface area is 286 Å². The van der Waals surface area contributed by atoms with Crippen LogP contribution in [-0.2, 0) is 37.0 Å². The van der Waals surface area contributed by atoms with Gasteiger partial charge in [0.25, 0.3) is 5.91 Å². The largest absolute Gasteiger partial charge is 0.478 e. The first-order valence-corrected chi connectivity index (χ1v) is 16.7. The van der Waals surface area contributed by atoms with Crippen LogP contribution in [0.2, 0.25) is 0 Å². The minimum Gasteiger partial charge on any atom is -0.478 e. The number of hydrogen-bond donors (Lipinski definition) is 3. The molecule has 0 aromatic heterocycles. The van der Waals surface area contributed by atoms with Crippen LogP contribution < -0.4 is 10.2 Å². The second-order valence-corrected chi connectivity index (χ2v) is 12.6. The van der Waals surface area contributed by atoms with E-state index in [2.05, 4.69) is 5.32 Å². The van der Waals surface area contributed by atoms with Crippen LogP contribution in [0.3, 0.4) is 0 Å². The van der Waals surface area contributed by atoms with Gasteiger partial charge in [-0.3, -0.25) is 9.59 Å². The number of ether oxygens (including phenoxy) is 3. The Morgan fingerprint density at radius 1 is 0.878 bits per heavy atom. The Bertz CT molecular complexity index is 1820. The molecule has 2 aliphatic heterocycles. The molecule has 12 heteroatoms. The van der Waals surface area contributed by atoms with E-state index in [0.29, 0.717) is 28.3 Å². The number of thioether (sulfide) groups is 1. The summed E-state index contributed by atoms with van der Waals surface area (Å²) < 4.78 is 18.1. The number of hydrogen-bond acceptors (Lipinski definition) is 9. The van der Waals surface area contributed by atoms with Crippen LogP contribution in [0, 0.1) is 0 Å². The number of imide groups is 1. The fraction of sp³-hybridized carbons (Fsp3) is 0.243. The standard InChI is InChI=1S/C37H34N2O9S/c40-20-23-13-15-25(16-14-23)31-18-28(22-49-32-12-5-4-11-29(32)35(43)44)47-36(48-31)26-9-6-10-27(17-26)39-33(41)19-30(34(39)42)38-37(45)46-21-24-7-2-1-3-8-24/h1-17,28,30-31,36,40H,18-22H2,(H,38,45)(H,43,44)/t28-,30?,31+,36+/m0/s1. The van der Waals surface area contributed by atoms with Gasteiger partial charge in [-0.2, -0.15) is 0 Å². The van der Waals surface area contributed by atoms with E-state index in [9.17, 15) is 29.4 Å². The lowest BCUT2D eigenvalue weighted by Crippen LogP contribution is -2.42. The lowest BCUT2D eigenvalue weighted by atomic mass is 10.0. The third kappa shape index (κ3) is 8.18. The van der Waals surface area contributed by atoms with Crippen LogP contribution in [-0.4, -0.2) is 52.0 Å². The van der Waals surface area contributed by atoms with Crippen molar-refractivity contribution in [2.75, 3.05) is 10.7 Å². The minimum atomic E-state index is -1.08. The van der Waals surface area contributed by atoms with Crippen molar-refractivity contribution in [3.8, 4) is 0 Å². The highest BCUT2D eigenvalue weighted by molar-refractivity contribution is 7.99. The third-order valence-electron chi connectivity index (χ3n) is 8.21. The molecule has 0 bridgehead atoms. The molecule has 2 fully saturated rings. The molecule has 4 aromatic rings. The van der Waals surface area contributed by atoms with Crippen LogP contribution in [0.25, 0.3) is 0 Å². The number of nitrogens with zero attached hydrogens (tertiary/aromatic N) is 1. The van der Waals surface area contributed by atoms with E-state index in [4.69, 9.17) is 14.2 Å². The topological polar surface area (TPSA) is 152 Å². The van der Waals surface area contributed by atoms with Crippen molar-refractivity contribution < 1.29 is 43.6 Å². The van der Waals surface area contributed by atoms with Crippen molar-refractivity contribution in [3.63, 3.8) is 0 Å². The smallest absolute Gasteiger partial charge is 0.408 e. The second kappa shape index (κ2) is 15.5. The van der Waals surface area contributed by atoms with Gasteiger partial charge in [-0.05, 0) is 41.0 Å². The molecule has 252 valence electrons. The van der Waals surface area contributed by atoms with Gasteiger partial charge in [0.2, 0.25) is 5.91 Å². The summed E-state index contributed by atoms with van der Waals surface area (Å²) in [6.07, 6.45) is -2.19. The number of alkyl carbamates (subject to hydrolysis) is 1. The zero-order valence-corrected chi connectivity index (χ0v) is 27.1. The lowest BCUT2D eigenvalue weighted by molar-refractivity contribution is -0.245. The van der Waals surface area contributed by atoms with Crippen molar-refractivity contribution >= 4 is 41.3 Å². The number of aliphatic hydroxyl groups excluding tert-OH is 1. The first-order valence-electron chi connectivity index (χ1n) is 15.7. The van der Waals surface area contributed by atoms with Gasteiger partial charge in [0.15, 0.2) is 6.29 Å². The maximum atomic E-state index is 13.4. The zero-order chi connectivity index (χ0) is 34.3. The number of carboxylic acid groups (broad SMARTS) is 1. The van der Waals surface area contributed by atoms with Crippen LogP contribution in [0.4, 0.5) is 10.5 Å². The molecule has 2 saturated heterocycles. The Morgan fingerprint density at radius 2 is 1.63 bits per heavy atom. The van der Waals surface area contributed by atoms with E-state index >= 15 is 0 Å². The van der Waals surface area contributed by atoms with Crippen LogP contribution in [0.15, 0.2) is 108 Å². The number of aliphatic hydroxyl groups is 1. The van der Waals surface area contributed by atoms with E-state index in [1.165, 1.54) is 11.8 Å². The predicted octanol–water partition coefficient (Wildman–Crippen LogP) is 5.77. The summed E-state index contributed by atoms with van der Waals surface area (Å²) in [5, 5.41) is 21.7. The SMILES string of the molecule is O=C(NC1CC(=O)N(c2cccc([C@@H]3O[C@H](CSc4ccccc4C(=O)O)C[C@H](c4ccc(CO)cc4)O3)c2)C1=O)OCc1ccccc1. The highest BCUT2D eigenvalue weighted by Gasteiger charge is 2.41. The number of carbonyl (C=O) groups excluding carboxylic acids is 3. The van der Waals surface area contributed by atoms with Gasteiger partial charge in [0.05, 0.1) is 36.5 Å². The van der Waals surface area contributed by atoms with Crippen molar-refractivity contribution in [1.82, 2.24) is 5.32 Å². The Balaban J connectivity index is 1.18. The first-order chi connectivity index (χ1) is 23.8. The summed E-state index contributed by atoms with van der Waals surface area (Å²) in [4.78, 5) is 52.3. The summed E-state index contributed by atoms with van der Waals surface area (Å²) in [7, 11) is 0. The van der Waals surface area contributed by atoms with E-state index in [1.807, 2.05) is 42.5 Å². The Kier molecular flexibility index (Phi) is 10.7. The molecule has 3 N–H and O–H groups in total. The summed E-state index contributed by atoms with van der Waals surface area (Å²) in [6, 6.07) is 29.0. The number of aromatic carboxylic acids is 1. The predicted molar refractivity (Wildman–Crippen MR) is 180 cm³/mol. The number of benzene rings is 4. The molecule has 6 rings (SSSR count). The van der Waals surface area contributed by atoms with Crippen molar-refractivity contribution in [2.45, 2.75) is 55.5 Å². The molecule has 4 aromatic carbocycles. The molecule has 0 saturated carbocycles. The Morgan fingerprint density at radius 3 is 2.39 bits per heavy atom. The number of carboxylic acids is 1. The maximum Gasteiger partial charge on any atom is 0.408 e. The van der Waals surface area contributed by atoms with Gasteiger partial charge in [0.1, 0.15) is 12.6 Å². The summed E-state index contributed by atoms with van der Waals surface area (Å²) >= 11 is 1.38. The molecule has 0 radical (unpaired) electrons. The van der Waals surface area contributed by atoms with Crippen molar-refractivity contribution in [1.29, 1.82) is 0 Å². The van der Waals surface area contributed by atoms with Gasteiger partial charge < -0.3 is 29.7 Å². The van der Waals surface area contributed by atoms with Crippen molar-refractivity contribution in [3.05, 3.63) is 131 Å². The molecule has 4 atom stereocenters. The molecule has 1 unspecified atom stereocenters. The van der Waals surface area contributed by atoms with Crippen molar-refractivity contribution in [2.24, 2.45) is 0 Å². The molecular formula is C37H34N2O9S. The highest BCUT2D eigenvalue weighted by Crippen LogP contribution is 2.40. The average molecular weight is 683 g/mol. The first kappa shape index (κ1) is 33.9. The van der Waals surface area contributed by atoms with Gasteiger partial charge >= 0.3 is 12.1 Å². The number of nitrogens with one attached hydrogen (secondary N) is 1. The molecule has 2 aliphatic rings. The fourth-order valence-electron chi connectivity index (χ4n) is 5.71. The van der Waals surface area contributed by atoms with E-state index < -0.39 is 42.3 Å². The molecule has 0 aliphatic carbocycles. The Hall–Kier alpha value is -5.01. The molecule has 11 nitrogen and oxygen atoms in total. The van der Waals surface area contributed by atoms with Crippen LogP contribution in [0.5, 0.6) is 0 Å². The molecule has 49 heavy (non-hydrogen) atoms. The monoisotopic (exact) mass is 682 g/mol. The van der Waals surface area contributed by atoms with Gasteiger partial charge in [0, 0.05) is 22.6 Å². The summed E-state index contributed by atoms with van der Waals surface area (Å²) in [5.74, 6) is -1.64. The normalized spacial score (nSPS) is 20.6. The zero-order valence-electron chi connectivity index (χ0n) is 26.3. The quantitative estimate of drug-likeness (QED) is 0.131. The fourth-order valence-corrected chi connectivity index (χ4v) is 6.77. The third-order valence-corrected chi connectivity index (χ3v) is 9.41. The summed E-state index contributed by atoms with van der Waals surface area (Å²) in [5.41, 5.74) is 3.49. The molecule has 2 heterocycles. The molecular weight excluding hydrogens is 648 g/mol. The number of amides is 3. The molecule has 0 spiro atoms. The van der Waals surface area contributed by atoms with E-state index in [0.717, 1.165) is 21.6 Å². The average Bonchev–Trinajstić information content (AvgIpc) is 3.41. The molecule has 3 amide bonds. The van der Waals surface area contributed by atoms with Gasteiger partial charge in [-0.15, -0.1) is 11.8 Å². The second-order valence-electron chi connectivity index (χ2n) is 11.6. The summed E-state index contributed by atoms with van der Waals surface area (Å²) in [6.45, 7) is -0.0708. The number of rotatable bonds is 11. The van der Waals surface area contributed by atoms with E-state index in [1.54, 1.807) is 60.7 Å². The lowest BCUT2D eigenvalue weighted by Gasteiger charge is -2.36. The number of anilines is 1. The van der Waals surface area contributed by atoms with E-state index in [-0.39, 0.29) is 31.3 Å². The minimum absolute atomic E-state index is 0.0207. The van der Waals surface area contributed by atoms with Crippen LogP contribution >= 0.6 is 11.8 Å². The van der Waals surface area contributed by atoms with Crippen LogP contribution in [0.1, 0.15) is 57.8 Å². The highest BCUT2D eigenvalue weighted by atomic mass is 32.2.